The molecule has 0 N–H and O–H groups in total. The Bertz CT molecular complexity index is 565. The molecule has 2 rings (SSSR count). The van der Waals surface area contributed by atoms with Gasteiger partial charge in [0.15, 0.2) is 17.5 Å². The van der Waals surface area contributed by atoms with E-state index in [4.69, 9.17) is 10.5 Å². The topological polar surface area (TPSA) is 50.6 Å². The van der Waals surface area contributed by atoms with E-state index in [1.165, 1.54) is 11.0 Å². The smallest absolute Gasteiger partial charge is 0.179 e. The molecule has 0 radical (unpaired) electrons. The molecule has 6 heteroatoms. The molecule has 1 aromatic carbocycles. The molecule has 0 amide bonds. The van der Waals surface area contributed by atoms with Gasteiger partial charge in [0.05, 0.1) is 18.2 Å². The summed E-state index contributed by atoms with van der Waals surface area (Å²) in [5.41, 5.74) is -1.50. The van der Waals surface area contributed by atoms with Crippen molar-refractivity contribution in [3.8, 4) is 12.1 Å². The van der Waals surface area contributed by atoms with Crippen molar-refractivity contribution in [2.24, 2.45) is 0 Å². The molecule has 0 bridgehead atoms. The molecule has 0 aromatic heterocycles. The number of nitrogens with zero attached hydrogens (tertiary/aromatic N) is 3. The monoisotopic (exact) mass is 237 g/mol. The van der Waals surface area contributed by atoms with Crippen molar-refractivity contribution in [2.45, 2.75) is 6.42 Å². The van der Waals surface area contributed by atoms with E-state index in [1.54, 1.807) is 6.07 Å². The van der Waals surface area contributed by atoms with Gasteiger partial charge in [0.1, 0.15) is 11.6 Å². The van der Waals surface area contributed by atoms with E-state index in [1.807, 2.05) is 0 Å². The largest absolute Gasteiger partial charge is 0.364 e. The third-order valence-electron chi connectivity index (χ3n) is 2.52. The zero-order valence-electron chi connectivity index (χ0n) is 8.60. The van der Waals surface area contributed by atoms with E-state index in [0.29, 0.717) is 13.1 Å². The standard InChI is InChI=1S/C11H6F3N3/c12-8-6(1-2-15)10(14)11(17-3-4-17)7(5-16)9(8)13/h1,3-4H2. The summed E-state index contributed by atoms with van der Waals surface area (Å²) in [6.07, 6.45) is -0.568. The minimum atomic E-state index is -1.45. The molecule has 17 heavy (non-hydrogen) atoms. The fraction of sp³-hybridized carbons (Fsp3) is 0.273. The minimum absolute atomic E-state index is 0.239. The molecule has 0 spiro atoms. The van der Waals surface area contributed by atoms with Crippen LogP contribution in [0.4, 0.5) is 18.9 Å². The normalized spacial score (nSPS) is 13.1. The number of benzene rings is 1. The van der Waals surface area contributed by atoms with E-state index < -0.39 is 35.0 Å². The van der Waals surface area contributed by atoms with Crippen molar-refractivity contribution in [2.75, 3.05) is 18.0 Å². The first kappa shape index (κ1) is 11.3. The van der Waals surface area contributed by atoms with Crippen LogP contribution >= 0.6 is 0 Å². The van der Waals surface area contributed by atoms with Gasteiger partial charge in [-0.25, -0.2) is 13.2 Å². The highest BCUT2D eigenvalue weighted by molar-refractivity contribution is 5.66. The van der Waals surface area contributed by atoms with Crippen molar-refractivity contribution >= 4 is 5.69 Å². The molecule has 1 aliphatic rings. The van der Waals surface area contributed by atoms with Gasteiger partial charge in [-0.05, 0) is 0 Å². The maximum atomic E-state index is 13.9. The maximum absolute atomic E-state index is 13.9. The van der Waals surface area contributed by atoms with Gasteiger partial charge in [-0.2, -0.15) is 10.5 Å². The molecule has 0 aliphatic carbocycles. The van der Waals surface area contributed by atoms with Gasteiger partial charge in [0, 0.05) is 18.7 Å². The van der Waals surface area contributed by atoms with E-state index in [2.05, 4.69) is 0 Å². The zero-order chi connectivity index (χ0) is 12.6. The van der Waals surface area contributed by atoms with Crippen molar-refractivity contribution in [1.29, 1.82) is 10.5 Å². The molecule has 1 saturated heterocycles. The van der Waals surface area contributed by atoms with Crippen molar-refractivity contribution in [3.63, 3.8) is 0 Å². The molecule has 1 aliphatic heterocycles. The Kier molecular flexibility index (Phi) is 2.64. The number of nitriles is 2. The molecule has 3 nitrogen and oxygen atoms in total. The van der Waals surface area contributed by atoms with Gasteiger partial charge in [-0.1, -0.05) is 0 Å². The van der Waals surface area contributed by atoms with Crippen molar-refractivity contribution < 1.29 is 13.2 Å². The van der Waals surface area contributed by atoms with Crippen LogP contribution in [0, 0.1) is 40.1 Å². The molecular weight excluding hydrogens is 231 g/mol. The summed E-state index contributed by atoms with van der Waals surface area (Å²) in [7, 11) is 0. The summed E-state index contributed by atoms with van der Waals surface area (Å²) in [5, 5.41) is 17.2. The fourth-order valence-corrected chi connectivity index (χ4v) is 1.60. The van der Waals surface area contributed by atoms with Crippen LogP contribution in [0.2, 0.25) is 0 Å². The summed E-state index contributed by atoms with van der Waals surface area (Å²) in [6.45, 7) is 0.978. The van der Waals surface area contributed by atoms with E-state index in [-0.39, 0.29) is 5.69 Å². The highest BCUT2D eigenvalue weighted by Crippen LogP contribution is 2.34. The predicted octanol–water partition coefficient (Wildman–Crippen LogP) is 1.86. The van der Waals surface area contributed by atoms with Gasteiger partial charge in [0.25, 0.3) is 0 Å². The molecule has 86 valence electrons. The van der Waals surface area contributed by atoms with Crippen molar-refractivity contribution in [1.82, 2.24) is 0 Å². The van der Waals surface area contributed by atoms with Crippen molar-refractivity contribution in [3.05, 3.63) is 28.6 Å². The first-order chi connectivity index (χ1) is 8.11. The second kappa shape index (κ2) is 3.99. The summed E-state index contributed by atoms with van der Waals surface area (Å²) in [6, 6.07) is 3.03. The third-order valence-corrected chi connectivity index (χ3v) is 2.52. The average molecular weight is 237 g/mol. The van der Waals surface area contributed by atoms with Crippen LogP contribution in [0.3, 0.4) is 0 Å². The molecule has 1 aromatic rings. The van der Waals surface area contributed by atoms with Crippen LogP contribution < -0.4 is 4.90 Å². The van der Waals surface area contributed by atoms with Crippen LogP contribution in [-0.2, 0) is 6.42 Å². The van der Waals surface area contributed by atoms with Crippen LogP contribution in [0.1, 0.15) is 11.1 Å². The molecular formula is C11H6F3N3. The highest BCUT2D eigenvalue weighted by atomic mass is 19.2. The quantitative estimate of drug-likeness (QED) is 0.582. The number of hydrogen-bond acceptors (Lipinski definition) is 3. The van der Waals surface area contributed by atoms with Crippen LogP contribution in [0.15, 0.2) is 0 Å². The van der Waals surface area contributed by atoms with Gasteiger partial charge in [-0.3, -0.25) is 0 Å². The molecule has 0 atom stereocenters. The Morgan fingerprint density at radius 3 is 2.18 bits per heavy atom. The SMILES string of the molecule is N#CCc1c(F)c(F)c(C#N)c(N2CC2)c1F. The highest BCUT2D eigenvalue weighted by Gasteiger charge is 2.32. The lowest BCUT2D eigenvalue weighted by atomic mass is 10.0. The number of halogens is 3. The van der Waals surface area contributed by atoms with Crippen LogP contribution in [0.5, 0.6) is 0 Å². The Morgan fingerprint density at radius 2 is 1.71 bits per heavy atom. The first-order valence-corrected chi connectivity index (χ1v) is 4.83. The predicted molar refractivity (Wildman–Crippen MR) is 52.6 cm³/mol. The number of anilines is 1. The zero-order valence-corrected chi connectivity index (χ0v) is 8.60. The summed E-state index contributed by atoms with van der Waals surface area (Å²) >= 11 is 0. The lowest BCUT2D eigenvalue weighted by Gasteiger charge is -2.12. The van der Waals surface area contributed by atoms with Crippen LogP contribution in [-0.4, -0.2) is 13.1 Å². The fourth-order valence-electron chi connectivity index (χ4n) is 1.60. The second-order valence-corrected chi connectivity index (χ2v) is 3.58. The lowest BCUT2D eigenvalue weighted by Crippen LogP contribution is -2.08. The van der Waals surface area contributed by atoms with E-state index in [9.17, 15) is 13.2 Å². The molecule has 1 heterocycles. The van der Waals surface area contributed by atoms with Gasteiger partial charge in [0.2, 0.25) is 0 Å². The number of hydrogen-bond donors (Lipinski definition) is 0. The molecule has 0 saturated carbocycles. The molecule has 1 fully saturated rings. The van der Waals surface area contributed by atoms with E-state index in [0.717, 1.165) is 0 Å². The summed E-state index contributed by atoms with van der Waals surface area (Å²) in [4.78, 5) is 1.41. The Labute approximate surface area is 95.3 Å². The van der Waals surface area contributed by atoms with Gasteiger partial charge in [-0.15, -0.1) is 0 Å². The Balaban J connectivity index is 2.74. The third kappa shape index (κ3) is 1.68. The minimum Gasteiger partial charge on any atom is -0.364 e. The Morgan fingerprint density at radius 1 is 1.06 bits per heavy atom. The summed E-state index contributed by atoms with van der Waals surface area (Å²) < 4.78 is 40.8. The molecule has 0 unspecified atom stereocenters. The first-order valence-electron chi connectivity index (χ1n) is 4.83. The van der Waals surface area contributed by atoms with Gasteiger partial charge >= 0.3 is 0 Å². The second-order valence-electron chi connectivity index (χ2n) is 3.58. The Hall–Kier alpha value is -2.21. The number of rotatable bonds is 2. The van der Waals surface area contributed by atoms with Gasteiger partial charge < -0.3 is 4.90 Å². The van der Waals surface area contributed by atoms with Crippen LogP contribution in [0.25, 0.3) is 0 Å². The van der Waals surface area contributed by atoms with E-state index >= 15 is 0 Å². The maximum Gasteiger partial charge on any atom is 0.179 e. The average Bonchev–Trinajstić information content (AvgIpc) is 3.13. The lowest BCUT2D eigenvalue weighted by molar-refractivity contribution is 0.482. The summed E-state index contributed by atoms with van der Waals surface area (Å²) in [5.74, 6) is -3.85.